The third-order valence-electron chi connectivity index (χ3n) is 4.41. The first-order chi connectivity index (χ1) is 13.9. The van der Waals surface area contributed by atoms with E-state index in [2.05, 4.69) is 10.2 Å². The maximum absolute atomic E-state index is 12.5. The second kappa shape index (κ2) is 9.37. The lowest BCUT2D eigenvalue weighted by Gasteiger charge is -2.11. The Morgan fingerprint density at radius 2 is 1.90 bits per heavy atom. The zero-order valence-electron chi connectivity index (χ0n) is 16.9. The lowest BCUT2D eigenvalue weighted by molar-refractivity contribution is -0.139. The maximum Gasteiger partial charge on any atom is 0.316 e. The Bertz CT molecular complexity index is 1000. The number of nitrogens with zero attached hydrogens (tertiary/aromatic N) is 3. The standard InChI is InChI=1S/C21H23N3O3S2/c1-5-24-20(17-7-6-8-28-17)22-23-21(24)29-12-18(26)27-11-16(25)19-14(3)9-13(2)10-15(19)4/h6-10H,5,11-12H2,1-4H3. The van der Waals surface area contributed by atoms with Gasteiger partial charge in [0.05, 0.1) is 10.6 Å². The fraction of sp³-hybridized carbons (Fsp3) is 0.333. The average molecular weight is 430 g/mol. The number of rotatable bonds is 8. The summed E-state index contributed by atoms with van der Waals surface area (Å²) in [6, 6.07) is 7.87. The lowest BCUT2D eigenvalue weighted by atomic mass is 9.97. The predicted molar refractivity (Wildman–Crippen MR) is 116 cm³/mol. The van der Waals surface area contributed by atoms with Crippen LogP contribution in [-0.4, -0.2) is 38.9 Å². The molecule has 2 aromatic heterocycles. The van der Waals surface area contributed by atoms with Gasteiger partial charge in [-0.1, -0.05) is 35.5 Å². The normalized spacial score (nSPS) is 10.9. The number of aryl methyl sites for hydroxylation is 3. The van der Waals surface area contributed by atoms with Crippen molar-refractivity contribution in [3.05, 3.63) is 51.9 Å². The van der Waals surface area contributed by atoms with Gasteiger partial charge in [-0.3, -0.25) is 9.59 Å². The molecule has 0 saturated carbocycles. The molecule has 1 aromatic carbocycles. The molecule has 0 fully saturated rings. The van der Waals surface area contributed by atoms with Crippen molar-refractivity contribution < 1.29 is 14.3 Å². The Balaban J connectivity index is 1.58. The number of thiophene rings is 1. The van der Waals surface area contributed by atoms with Crippen molar-refractivity contribution >= 4 is 34.9 Å². The van der Waals surface area contributed by atoms with Crippen LogP contribution in [0.1, 0.15) is 34.0 Å². The number of benzene rings is 1. The van der Waals surface area contributed by atoms with E-state index in [1.807, 2.05) is 61.9 Å². The molecule has 0 aliphatic rings. The van der Waals surface area contributed by atoms with Gasteiger partial charge < -0.3 is 9.30 Å². The molecule has 8 heteroatoms. The van der Waals surface area contributed by atoms with E-state index in [1.165, 1.54) is 11.8 Å². The Hall–Kier alpha value is -2.45. The molecule has 0 atom stereocenters. The first-order valence-corrected chi connectivity index (χ1v) is 11.1. The zero-order chi connectivity index (χ0) is 21.0. The monoisotopic (exact) mass is 429 g/mol. The SMILES string of the molecule is CCn1c(SCC(=O)OCC(=O)c2c(C)cc(C)cc2C)nnc1-c1cccs1. The van der Waals surface area contributed by atoms with Gasteiger partial charge in [-0.25, -0.2) is 0 Å². The van der Waals surface area contributed by atoms with Gasteiger partial charge in [0, 0.05) is 12.1 Å². The van der Waals surface area contributed by atoms with Crippen LogP contribution in [0.15, 0.2) is 34.8 Å². The summed E-state index contributed by atoms with van der Waals surface area (Å²) in [7, 11) is 0. The van der Waals surface area contributed by atoms with Crippen molar-refractivity contribution in [1.82, 2.24) is 14.8 Å². The largest absolute Gasteiger partial charge is 0.457 e. The number of ketones is 1. The number of esters is 1. The highest BCUT2D eigenvalue weighted by molar-refractivity contribution is 7.99. The lowest BCUT2D eigenvalue weighted by Crippen LogP contribution is -2.17. The van der Waals surface area contributed by atoms with Crippen molar-refractivity contribution in [3.8, 4) is 10.7 Å². The number of aromatic nitrogens is 3. The van der Waals surface area contributed by atoms with Crippen molar-refractivity contribution in [2.45, 2.75) is 39.4 Å². The van der Waals surface area contributed by atoms with E-state index in [0.29, 0.717) is 17.3 Å². The average Bonchev–Trinajstić information content (AvgIpc) is 3.32. The minimum atomic E-state index is -0.450. The molecule has 0 amide bonds. The fourth-order valence-corrected chi connectivity index (χ4v) is 4.79. The first-order valence-electron chi connectivity index (χ1n) is 9.27. The van der Waals surface area contributed by atoms with E-state index in [9.17, 15) is 9.59 Å². The summed E-state index contributed by atoms with van der Waals surface area (Å²) in [5, 5.41) is 11.1. The Morgan fingerprint density at radius 3 is 2.52 bits per heavy atom. The van der Waals surface area contributed by atoms with Crippen LogP contribution in [0.4, 0.5) is 0 Å². The number of hydrogen-bond acceptors (Lipinski definition) is 7. The van der Waals surface area contributed by atoms with Crippen LogP contribution in [-0.2, 0) is 16.1 Å². The van der Waals surface area contributed by atoms with E-state index in [-0.39, 0.29) is 18.1 Å². The van der Waals surface area contributed by atoms with E-state index < -0.39 is 5.97 Å². The van der Waals surface area contributed by atoms with Gasteiger partial charge in [0.25, 0.3) is 0 Å². The number of thioether (sulfide) groups is 1. The van der Waals surface area contributed by atoms with Crippen LogP contribution in [0.2, 0.25) is 0 Å². The van der Waals surface area contributed by atoms with E-state index in [1.54, 1.807) is 11.3 Å². The molecule has 0 aliphatic heterocycles. The second-order valence-corrected chi connectivity index (χ2v) is 8.56. The van der Waals surface area contributed by atoms with Crippen molar-refractivity contribution in [3.63, 3.8) is 0 Å². The van der Waals surface area contributed by atoms with Gasteiger partial charge in [-0.15, -0.1) is 21.5 Å². The minimum Gasteiger partial charge on any atom is -0.457 e. The number of Topliss-reactive ketones (excluding diaryl/α,β-unsaturated/α-hetero) is 1. The fourth-order valence-electron chi connectivity index (χ4n) is 3.27. The Kier molecular flexibility index (Phi) is 6.87. The third-order valence-corrected chi connectivity index (χ3v) is 6.22. The van der Waals surface area contributed by atoms with Crippen LogP contribution in [0.5, 0.6) is 0 Å². The highest BCUT2D eigenvalue weighted by Gasteiger charge is 2.18. The summed E-state index contributed by atoms with van der Waals surface area (Å²) >= 11 is 2.86. The molecule has 0 radical (unpaired) electrons. The molecular weight excluding hydrogens is 406 g/mol. The molecule has 29 heavy (non-hydrogen) atoms. The molecule has 0 saturated heterocycles. The third kappa shape index (κ3) is 4.94. The summed E-state index contributed by atoms with van der Waals surface area (Å²) in [5.74, 6) is 0.227. The van der Waals surface area contributed by atoms with Crippen LogP contribution in [0.3, 0.4) is 0 Å². The van der Waals surface area contributed by atoms with Crippen molar-refractivity contribution in [2.24, 2.45) is 0 Å². The highest BCUT2D eigenvalue weighted by Crippen LogP contribution is 2.27. The van der Waals surface area contributed by atoms with Crippen LogP contribution < -0.4 is 0 Å². The van der Waals surface area contributed by atoms with E-state index >= 15 is 0 Å². The summed E-state index contributed by atoms with van der Waals surface area (Å²) in [6.45, 7) is 8.23. The summed E-state index contributed by atoms with van der Waals surface area (Å²) < 4.78 is 7.17. The summed E-state index contributed by atoms with van der Waals surface area (Å²) in [6.07, 6.45) is 0. The Labute approximate surface area is 178 Å². The quantitative estimate of drug-likeness (QED) is 0.299. The topological polar surface area (TPSA) is 74.1 Å². The predicted octanol–water partition coefficient (Wildman–Crippen LogP) is 4.47. The van der Waals surface area contributed by atoms with Crippen molar-refractivity contribution in [2.75, 3.05) is 12.4 Å². The number of hydrogen-bond donors (Lipinski definition) is 0. The molecule has 0 bridgehead atoms. The molecule has 2 heterocycles. The van der Waals surface area contributed by atoms with Gasteiger partial charge in [-0.05, 0) is 50.3 Å². The van der Waals surface area contributed by atoms with E-state index in [0.717, 1.165) is 27.4 Å². The van der Waals surface area contributed by atoms with Gasteiger partial charge in [0.15, 0.2) is 17.6 Å². The molecule has 6 nitrogen and oxygen atoms in total. The van der Waals surface area contributed by atoms with Gasteiger partial charge in [0.1, 0.15) is 0 Å². The van der Waals surface area contributed by atoms with Gasteiger partial charge in [0.2, 0.25) is 5.78 Å². The summed E-state index contributed by atoms with van der Waals surface area (Å²) in [5.41, 5.74) is 3.53. The maximum atomic E-state index is 12.5. The zero-order valence-corrected chi connectivity index (χ0v) is 18.5. The van der Waals surface area contributed by atoms with Gasteiger partial charge >= 0.3 is 5.97 Å². The molecule has 0 spiro atoms. The first kappa shape index (κ1) is 21.3. The van der Waals surface area contributed by atoms with E-state index in [4.69, 9.17) is 4.74 Å². The highest BCUT2D eigenvalue weighted by atomic mass is 32.2. The Morgan fingerprint density at radius 1 is 1.17 bits per heavy atom. The number of ether oxygens (including phenoxy) is 1. The summed E-state index contributed by atoms with van der Waals surface area (Å²) in [4.78, 5) is 25.7. The molecule has 0 N–H and O–H groups in total. The van der Waals surface area contributed by atoms with Crippen molar-refractivity contribution in [1.29, 1.82) is 0 Å². The molecule has 3 rings (SSSR count). The second-order valence-electron chi connectivity index (χ2n) is 6.67. The smallest absolute Gasteiger partial charge is 0.316 e. The molecule has 3 aromatic rings. The van der Waals surface area contributed by atoms with Crippen LogP contribution >= 0.6 is 23.1 Å². The number of carbonyl (C=O) groups excluding carboxylic acids is 2. The molecule has 152 valence electrons. The van der Waals surface area contributed by atoms with Crippen LogP contribution in [0, 0.1) is 20.8 Å². The molecular formula is C21H23N3O3S2. The number of carbonyl (C=O) groups is 2. The molecule has 0 unspecified atom stereocenters. The van der Waals surface area contributed by atoms with Crippen LogP contribution in [0.25, 0.3) is 10.7 Å². The minimum absolute atomic E-state index is 0.0711. The molecule has 0 aliphatic carbocycles. The van der Waals surface area contributed by atoms with Gasteiger partial charge in [-0.2, -0.15) is 0 Å².